The van der Waals surface area contributed by atoms with Gasteiger partial charge in [-0.15, -0.1) is 0 Å². The fraction of sp³-hybridized carbons (Fsp3) is 0.692. The number of ether oxygens (including phenoxy) is 2. The minimum Gasteiger partial charge on any atom is -0.394 e. The maximum absolute atomic E-state index is 14.1. The maximum atomic E-state index is 14.1. The molecule has 3 saturated heterocycles. The number of aromatic nitrogens is 4. The van der Waals surface area contributed by atoms with Gasteiger partial charge in [0, 0.05) is 49.5 Å². The zero-order valence-corrected chi connectivity index (χ0v) is 25.4. The van der Waals surface area contributed by atoms with E-state index < -0.39 is 73.7 Å². The lowest BCUT2D eigenvalue weighted by Crippen LogP contribution is -2.34. The molecular formula is C26H39N6O11P. The molecule has 1 unspecified atom stereocenters. The van der Waals surface area contributed by atoms with Crippen LogP contribution in [0, 0.1) is 13.8 Å². The Morgan fingerprint density at radius 3 is 2.11 bits per heavy atom. The number of rotatable bonds is 12. The second-order valence-corrected chi connectivity index (χ2v) is 13.1. The van der Waals surface area contributed by atoms with Crippen LogP contribution < -0.4 is 27.6 Å². The molecule has 0 saturated carbocycles. The average Bonchev–Trinajstić information content (AvgIpc) is 3.72. The van der Waals surface area contributed by atoms with Gasteiger partial charge < -0.3 is 24.6 Å². The summed E-state index contributed by atoms with van der Waals surface area (Å²) in [5.41, 5.74) is -1.89. The lowest BCUT2D eigenvalue weighted by Gasteiger charge is -2.27. The number of hydrogen-bond acceptors (Lipinski definition) is 12. The van der Waals surface area contributed by atoms with Gasteiger partial charge in [-0.25, -0.2) is 19.2 Å². The Kier molecular flexibility index (Phi) is 10.2. The predicted molar refractivity (Wildman–Crippen MR) is 154 cm³/mol. The smallest absolute Gasteiger partial charge is 0.394 e. The summed E-state index contributed by atoms with van der Waals surface area (Å²) >= 11 is 0. The molecule has 7 atom stereocenters. The zero-order chi connectivity index (χ0) is 31.6. The van der Waals surface area contributed by atoms with Gasteiger partial charge in [0.1, 0.15) is 30.8 Å². The Labute approximate surface area is 251 Å². The molecule has 5 N–H and O–H groups in total. The molecule has 0 bridgehead atoms. The predicted octanol–water partition coefficient (Wildman–Crippen LogP) is -1.17. The molecule has 244 valence electrons. The highest BCUT2D eigenvalue weighted by molar-refractivity contribution is 7.51. The molecule has 5 rings (SSSR count). The van der Waals surface area contributed by atoms with Gasteiger partial charge in [0.2, 0.25) is 0 Å². The molecule has 0 radical (unpaired) electrons. The van der Waals surface area contributed by atoms with Crippen LogP contribution in [-0.2, 0) is 23.1 Å². The number of aliphatic hydroxyl groups is 2. The zero-order valence-electron chi connectivity index (χ0n) is 24.5. The summed E-state index contributed by atoms with van der Waals surface area (Å²) in [6.45, 7) is 4.85. The van der Waals surface area contributed by atoms with Crippen LogP contribution in [0.15, 0.2) is 31.6 Å². The van der Waals surface area contributed by atoms with Crippen molar-refractivity contribution in [3.8, 4) is 0 Å². The molecule has 17 nitrogen and oxygen atoms in total. The van der Waals surface area contributed by atoms with Gasteiger partial charge in [0.25, 0.3) is 11.1 Å². The van der Waals surface area contributed by atoms with Crippen LogP contribution in [0.5, 0.6) is 0 Å². The van der Waals surface area contributed by atoms with E-state index in [1.165, 1.54) is 35.4 Å². The summed E-state index contributed by atoms with van der Waals surface area (Å²) in [5, 5.41) is 23.6. The summed E-state index contributed by atoms with van der Waals surface area (Å²) in [6, 6.07) is 0. The Morgan fingerprint density at radius 1 is 0.955 bits per heavy atom. The van der Waals surface area contributed by atoms with Gasteiger partial charge >= 0.3 is 19.1 Å². The minimum atomic E-state index is -4.14. The molecule has 0 amide bonds. The Morgan fingerprint density at radius 2 is 1.52 bits per heavy atom. The highest BCUT2D eigenvalue weighted by Crippen LogP contribution is 2.49. The Balaban J connectivity index is 1.29. The van der Waals surface area contributed by atoms with Crippen LogP contribution in [-0.4, -0.2) is 98.0 Å². The topological polar surface area (TPSA) is 219 Å². The van der Waals surface area contributed by atoms with Crippen LogP contribution in [0.1, 0.15) is 49.3 Å². The van der Waals surface area contributed by atoms with E-state index in [0.29, 0.717) is 6.54 Å². The Bertz CT molecular complexity index is 1600. The van der Waals surface area contributed by atoms with E-state index in [1.807, 2.05) is 0 Å². The monoisotopic (exact) mass is 642 g/mol. The standard InChI is InChI=1S/C26H39N6O11P/c1-15-11-31(25(37)28-23(15)35)21-9-17(34)20(42-21)14-40-44(39,27-5-8-30-6-3-4-7-30)43-18-10-22(41-19(18)13-33)32-12-16(2)24(36)29-26(32)38/h11-12,17-22,33-34H,3-10,13-14H2,1-2H3,(H,27,39)(H,28,35,37)(H,29,36,38)/t17-,18-,19+,20+,21+,22+,44?/m0/s1. The first-order chi connectivity index (χ1) is 21.0. The number of hydrogen-bond donors (Lipinski definition) is 5. The van der Waals surface area contributed by atoms with E-state index in [9.17, 15) is 34.0 Å². The molecule has 3 fully saturated rings. The van der Waals surface area contributed by atoms with Gasteiger partial charge in [-0.3, -0.25) is 37.7 Å². The first-order valence-corrected chi connectivity index (χ1v) is 16.1. The fourth-order valence-electron chi connectivity index (χ4n) is 5.60. The molecule has 0 aliphatic carbocycles. The summed E-state index contributed by atoms with van der Waals surface area (Å²) in [5.74, 6) is 0. The van der Waals surface area contributed by atoms with E-state index in [0.717, 1.165) is 25.9 Å². The maximum Gasteiger partial charge on any atom is 0.406 e. The largest absolute Gasteiger partial charge is 0.406 e. The third-order valence-corrected chi connectivity index (χ3v) is 9.74. The van der Waals surface area contributed by atoms with E-state index in [2.05, 4.69) is 20.0 Å². The second-order valence-electron chi connectivity index (χ2n) is 11.3. The fourth-order valence-corrected chi connectivity index (χ4v) is 7.12. The van der Waals surface area contributed by atoms with Gasteiger partial charge in [-0.05, 0) is 39.8 Å². The molecule has 2 aromatic rings. The number of aryl methyl sites for hydroxylation is 2. The van der Waals surface area contributed by atoms with Crippen molar-refractivity contribution in [1.29, 1.82) is 0 Å². The molecule has 3 aliphatic rings. The number of aromatic amines is 2. The van der Waals surface area contributed by atoms with Crippen LogP contribution in [0.25, 0.3) is 0 Å². The van der Waals surface area contributed by atoms with Crippen LogP contribution >= 0.6 is 7.75 Å². The first kappa shape index (κ1) is 32.7. The lowest BCUT2D eigenvalue weighted by molar-refractivity contribution is -0.0533. The van der Waals surface area contributed by atoms with Crippen LogP contribution in [0.3, 0.4) is 0 Å². The summed E-state index contributed by atoms with van der Waals surface area (Å²) < 4.78 is 39.9. The van der Waals surface area contributed by atoms with Gasteiger partial charge in [0.05, 0.1) is 19.3 Å². The number of likely N-dealkylation sites (tertiary alicyclic amines) is 1. The van der Waals surface area contributed by atoms with Gasteiger partial charge in [-0.2, -0.15) is 0 Å². The van der Waals surface area contributed by atoms with Crippen molar-refractivity contribution >= 4 is 7.75 Å². The molecule has 5 heterocycles. The third-order valence-electron chi connectivity index (χ3n) is 8.09. The SMILES string of the molecule is Cc1cn([C@H]2C[C@H](OP(=O)(NCCN3CCCC3)OC[C@H]3O[C@@H](n4cc(C)c(=O)[nH]c4=O)C[C@@H]3O)[C@@H](CO)O2)c(=O)[nH]c1=O. The minimum absolute atomic E-state index is 0.0108. The Hall–Kier alpha value is -2.73. The van der Waals surface area contributed by atoms with Crippen molar-refractivity contribution in [2.24, 2.45) is 0 Å². The number of nitrogens with zero attached hydrogens (tertiary/aromatic N) is 3. The molecule has 44 heavy (non-hydrogen) atoms. The third kappa shape index (κ3) is 7.38. The molecule has 2 aromatic heterocycles. The summed E-state index contributed by atoms with van der Waals surface area (Å²) in [4.78, 5) is 55.0. The van der Waals surface area contributed by atoms with Crippen molar-refractivity contribution in [1.82, 2.24) is 29.1 Å². The molecule has 0 spiro atoms. The molecule has 3 aliphatic heterocycles. The van der Waals surface area contributed by atoms with E-state index >= 15 is 0 Å². The van der Waals surface area contributed by atoms with Crippen molar-refractivity contribution < 1.29 is 33.3 Å². The number of aliphatic hydroxyl groups excluding tert-OH is 2. The number of nitrogens with one attached hydrogen (secondary N) is 3. The van der Waals surface area contributed by atoms with Crippen molar-refractivity contribution in [3.63, 3.8) is 0 Å². The average molecular weight is 643 g/mol. The van der Waals surface area contributed by atoms with Gasteiger partial charge in [-0.1, -0.05) is 0 Å². The number of H-pyrrole nitrogens is 2. The second kappa shape index (κ2) is 13.7. The van der Waals surface area contributed by atoms with Crippen LogP contribution in [0.2, 0.25) is 0 Å². The van der Waals surface area contributed by atoms with Crippen molar-refractivity contribution in [2.75, 3.05) is 39.4 Å². The molecule has 18 heteroatoms. The van der Waals surface area contributed by atoms with E-state index in [1.54, 1.807) is 0 Å². The van der Waals surface area contributed by atoms with Crippen LogP contribution in [0.4, 0.5) is 0 Å². The highest BCUT2D eigenvalue weighted by Gasteiger charge is 2.44. The first-order valence-electron chi connectivity index (χ1n) is 14.6. The molecule has 0 aromatic carbocycles. The summed E-state index contributed by atoms with van der Waals surface area (Å²) in [7, 11) is -4.14. The quantitative estimate of drug-likeness (QED) is 0.173. The van der Waals surface area contributed by atoms with E-state index in [-0.39, 0.29) is 37.1 Å². The van der Waals surface area contributed by atoms with Crippen molar-refractivity contribution in [3.05, 3.63) is 65.2 Å². The van der Waals surface area contributed by atoms with Crippen molar-refractivity contribution in [2.45, 2.75) is 76.4 Å². The summed E-state index contributed by atoms with van der Waals surface area (Å²) in [6.07, 6.45) is -0.965. The molecular weight excluding hydrogens is 603 g/mol. The lowest BCUT2D eigenvalue weighted by atomic mass is 10.2. The van der Waals surface area contributed by atoms with E-state index in [4.69, 9.17) is 18.5 Å². The highest BCUT2D eigenvalue weighted by atomic mass is 31.2. The van der Waals surface area contributed by atoms with Gasteiger partial charge in [0.15, 0.2) is 0 Å². The normalized spacial score (nSPS) is 28.9.